The molecule has 0 unspecified atom stereocenters. The summed E-state index contributed by atoms with van der Waals surface area (Å²) in [6.45, 7) is 2.17. The van der Waals surface area contributed by atoms with Crippen LogP contribution in [-0.2, 0) is 11.2 Å². The number of nitrogens with one attached hydrogen (secondary N) is 1. The lowest BCUT2D eigenvalue weighted by Crippen LogP contribution is -2.44. The molecule has 1 fully saturated rings. The predicted molar refractivity (Wildman–Crippen MR) is 80.7 cm³/mol. The van der Waals surface area contributed by atoms with Crippen molar-refractivity contribution in [3.63, 3.8) is 0 Å². The van der Waals surface area contributed by atoms with Gasteiger partial charge in [0.25, 0.3) is 0 Å². The Morgan fingerprint density at radius 2 is 2.48 bits per heavy atom. The van der Waals surface area contributed by atoms with E-state index in [0.717, 1.165) is 25.1 Å². The van der Waals surface area contributed by atoms with Crippen molar-refractivity contribution in [2.24, 2.45) is 0 Å². The number of nitrogens with zero attached hydrogens (tertiary/aromatic N) is 2. The first-order valence-corrected chi connectivity index (χ1v) is 7.27. The van der Waals surface area contributed by atoms with E-state index in [2.05, 4.69) is 16.2 Å². The standard InChI is InChI=1S/C16H21N3O2/c1-2-11-19(13-15-7-5-12-21-15)16(20)18-10-8-14-6-3-4-9-17-14/h1,3-4,6,9,15H,5,7-8,10-13H2,(H,18,20)/t15-/m0/s1. The van der Waals surface area contributed by atoms with Gasteiger partial charge in [-0.05, 0) is 25.0 Å². The summed E-state index contributed by atoms with van der Waals surface area (Å²) in [4.78, 5) is 18.0. The normalized spacial score (nSPS) is 17.2. The lowest BCUT2D eigenvalue weighted by molar-refractivity contribution is 0.0846. The van der Waals surface area contributed by atoms with Gasteiger partial charge in [0.2, 0.25) is 0 Å². The van der Waals surface area contributed by atoms with Crippen LogP contribution in [0.2, 0.25) is 0 Å². The maximum Gasteiger partial charge on any atom is 0.318 e. The Morgan fingerprint density at radius 3 is 3.14 bits per heavy atom. The summed E-state index contributed by atoms with van der Waals surface area (Å²) in [6, 6.07) is 5.61. The van der Waals surface area contributed by atoms with Crippen molar-refractivity contribution in [3.8, 4) is 12.3 Å². The third-order valence-electron chi connectivity index (χ3n) is 3.40. The largest absolute Gasteiger partial charge is 0.376 e. The maximum atomic E-state index is 12.2. The highest BCUT2D eigenvalue weighted by Gasteiger charge is 2.21. The van der Waals surface area contributed by atoms with Gasteiger partial charge in [0.1, 0.15) is 0 Å². The number of rotatable bonds is 6. The zero-order valence-electron chi connectivity index (χ0n) is 12.1. The van der Waals surface area contributed by atoms with Gasteiger partial charge in [-0.15, -0.1) is 6.42 Å². The number of amides is 2. The van der Waals surface area contributed by atoms with Crippen LogP contribution in [-0.4, -0.2) is 48.3 Å². The molecule has 0 spiro atoms. The summed E-state index contributed by atoms with van der Waals surface area (Å²) in [6.07, 6.45) is 9.94. The van der Waals surface area contributed by atoms with E-state index >= 15 is 0 Å². The highest BCUT2D eigenvalue weighted by molar-refractivity contribution is 5.74. The van der Waals surface area contributed by atoms with Crippen molar-refractivity contribution in [2.75, 3.05) is 26.2 Å². The van der Waals surface area contributed by atoms with Crippen LogP contribution in [0.5, 0.6) is 0 Å². The summed E-state index contributed by atoms with van der Waals surface area (Å²) in [5, 5.41) is 2.89. The first-order chi connectivity index (χ1) is 10.3. The van der Waals surface area contributed by atoms with E-state index < -0.39 is 0 Å². The first-order valence-electron chi connectivity index (χ1n) is 7.27. The van der Waals surface area contributed by atoms with Gasteiger partial charge in [-0.3, -0.25) is 4.98 Å². The van der Waals surface area contributed by atoms with Crippen molar-refractivity contribution >= 4 is 6.03 Å². The number of urea groups is 1. The summed E-state index contributed by atoms with van der Waals surface area (Å²) in [7, 11) is 0. The quantitative estimate of drug-likeness (QED) is 0.806. The van der Waals surface area contributed by atoms with Gasteiger partial charge in [0.05, 0.1) is 12.6 Å². The number of ether oxygens (including phenoxy) is 1. The van der Waals surface area contributed by atoms with Gasteiger partial charge in [-0.25, -0.2) is 4.79 Å². The van der Waals surface area contributed by atoms with E-state index in [0.29, 0.717) is 26.1 Å². The molecular formula is C16H21N3O2. The Labute approximate surface area is 125 Å². The maximum absolute atomic E-state index is 12.2. The molecule has 1 saturated heterocycles. The van der Waals surface area contributed by atoms with Crippen LogP contribution in [0.3, 0.4) is 0 Å². The van der Waals surface area contributed by atoms with Gasteiger partial charge in [0, 0.05) is 38.0 Å². The molecule has 1 aliphatic heterocycles. The molecule has 0 aromatic carbocycles. The fourth-order valence-corrected chi connectivity index (χ4v) is 2.32. The Balaban J connectivity index is 1.76. The van der Waals surface area contributed by atoms with Gasteiger partial charge in [-0.1, -0.05) is 12.0 Å². The van der Waals surface area contributed by atoms with Gasteiger partial charge < -0.3 is 15.0 Å². The number of hydrogen-bond acceptors (Lipinski definition) is 3. The molecule has 0 radical (unpaired) electrons. The Kier molecular flexibility index (Phi) is 6.04. The Bertz CT molecular complexity index is 478. The SMILES string of the molecule is C#CCN(C[C@@H]1CCCO1)C(=O)NCCc1ccccn1. The number of aromatic nitrogens is 1. The highest BCUT2D eigenvalue weighted by atomic mass is 16.5. The molecule has 1 N–H and O–H groups in total. The zero-order chi connectivity index (χ0) is 14.9. The average molecular weight is 287 g/mol. The van der Waals surface area contributed by atoms with E-state index in [1.165, 1.54) is 0 Å². The van der Waals surface area contributed by atoms with Crippen LogP contribution in [0.25, 0.3) is 0 Å². The van der Waals surface area contributed by atoms with Crippen LogP contribution in [0, 0.1) is 12.3 Å². The van der Waals surface area contributed by atoms with Crippen molar-refractivity contribution in [3.05, 3.63) is 30.1 Å². The van der Waals surface area contributed by atoms with Gasteiger partial charge in [-0.2, -0.15) is 0 Å². The molecule has 1 aliphatic rings. The fourth-order valence-electron chi connectivity index (χ4n) is 2.32. The molecule has 2 heterocycles. The second-order valence-electron chi connectivity index (χ2n) is 5.02. The summed E-state index contributed by atoms with van der Waals surface area (Å²) < 4.78 is 5.55. The second kappa shape index (κ2) is 8.28. The predicted octanol–water partition coefficient (Wildman–Crippen LogP) is 1.45. The zero-order valence-corrected chi connectivity index (χ0v) is 12.1. The number of carbonyl (C=O) groups excluding carboxylic acids is 1. The average Bonchev–Trinajstić information content (AvgIpc) is 3.01. The third-order valence-corrected chi connectivity index (χ3v) is 3.40. The van der Waals surface area contributed by atoms with Crippen molar-refractivity contribution in [1.29, 1.82) is 0 Å². The van der Waals surface area contributed by atoms with E-state index in [4.69, 9.17) is 11.2 Å². The fraction of sp³-hybridized carbons (Fsp3) is 0.500. The molecule has 0 saturated carbocycles. The number of terminal acetylenes is 1. The first kappa shape index (κ1) is 15.3. The molecule has 21 heavy (non-hydrogen) atoms. The molecule has 1 aromatic rings. The Hall–Kier alpha value is -2.06. The van der Waals surface area contributed by atoms with E-state index in [1.807, 2.05) is 18.2 Å². The van der Waals surface area contributed by atoms with Crippen LogP contribution in [0.4, 0.5) is 4.79 Å². The van der Waals surface area contributed by atoms with Crippen LogP contribution in [0.15, 0.2) is 24.4 Å². The molecule has 1 atom stereocenters. The summed E-state index contributed by atoms with van der Waals surface area (Å²) >= 11 is 0. The lowest BCUT2D eigenvalue weighted by atomic mass is 10.2. The van der Waals surface area contributed by atoms with Crippen molar-refractivity contribution in [1.82, 2.24) is 15.2 Å². The molecule has 0 aliphatic carbocycles. The third kappa shape index (κ3) is 5.09. The van der Waals surface area contributed by atoms with E-state index in [-0.39, 0.29) is 12.1 Å². The smallest absolute Gasteiger partial charge is 0.318 e. The minimum atomic E-state index is -0.139. The number of pyridine rings is 1. The molecular weight excluding hydrogens is 266 g/mol. The highest BCUT2D eigenvalue weighted by Crippen LogP contribution is 2.13. The molecule has 5 nitrogen and oxygen atoms in total. The lowest BCUT2D eigenvalue weighted by Gasteiger charge is -2.23. The van der Waals surface area contributed by atoms with E-state index in [1.54, 1.807) is 11.1 Å². The minimum absolute atomic E-state index is 0.111. The second-order valence-corrected chi connectivity index (χ2v) is 5.02. The van der Waals surface area contributed by atoms with Crippen LogP contribution in [0.1, 0.15) is 18.5 Å². The topological polar surface area (TPSA) is 54.5 Å². The van der Waals surface area contributed by atoms with Crippen molar-refractivity contribution in [2.45, 2.75) is 25.4 Å². The summed E-state index contributed by atoms with van der Waals surface area (Å²) in [5.41, 5.74) is 0.959. The monoisotopic (exact) mass is 287 g/mol. The summed E-state index contributed by atoms with van der Waals surface area (Å²) in [5.74, 6) is 2.53. The van der Waals surface area contributed by atoms with Crippen LogP contribution >= 0.6 is 0 Å². The molecule has 2 amide bonds. The number of hydrogen-bond donors (Lipinski definition) is 1. The molecule has 0 bridgehead atoms. The Morgan fingerprint density at radius 1 is 1.57 bits per heavy atom. The van der Waals surface area contributed by atoms with Crippen molar-refractivity contribution < 1.29 is 9.53 Å². The van der Waals surface area contributed by atoms with E-state index in [9.17, 15) is 4.79 Å². The molecule has 1 aromatic heterocycles. The van der Waals surface area contributed by atoms with Crippen LogP contribution < -0.4 is 5.32 Å². The van der Waals surface area contributed by atoms with Gasteiger partial charge in [0.15, 0.2) is 0 Å². The number of carbonyl (C=O) groups is 1. The van der Waals surface area contributed by atoms with Gasteiger partial charge >= 0.3 is 6.03 Å². The molecule has 112 valence electrons. The molecule has 2 rings (SSSR count). The molecule has 5 heteroatoms. The minimum Gasteiger partial charge on any atom is -0.376 e.